The number of imide groups is 1. The summed E-state index contributed by atoms with van der Waals surface area (Å²) in [5, 5.41) is 14.7. The number of nitrogens with zero attached hydrogens (tertiary/aromatic N) is 1. The molecule has 1 fully saturated rings. The Kier molecular flexibility index (Phi) is 5.52. The minimum absolute atomic E-state index is 0.0661. The molecule has 1 heterocycles. The van der Waals surface area contributed by atoms with Gasteiger partial charge in [-0.2, -0.15) is 0 Å². The summed E-state index contributed by atoms with van der Waals surface area (Å²) in [6.07, 6.45) is 1.13. The maximum Gasteiger partial charge on any atom is 0.321 e. The number of rotatable bonds is 4. The second kappa shape index (κ2) is 6.67. The number of likely N-dealkylation sites (N-methyl/N-ethyl adjacent to an activating group) is 1. The first-order valence-electron chi connectivity index (χ1n) is 5.95. The highest BCUT2D eigenvalue weighted by molar-refractivity contribution is 5.95. The summed E-state index contributed by atoms with van der Waals surface area (Å²) < 4.78 is 5.18. The molecule has 1 aliphatic rings. The van der Waals surface area contributed by atoms with Crippen molar-refractivity contribution >= 4 is 11.9 Å². The van der Waals surface area contributed by atoms with Crippen LogP contribution >= 0.6 is 0 Å². The molecule has 0 aliphatic carbocycles. The number of amides is 3. The van der Waals surface area contributed by atoms with Gasteiger partial charge in [-0.1, -0.05) is 0 Å². The Hall–Kier alpha value is -1.18. The van der Waals surface area contributed by atoms with Crippen LogP contribution in [-0.2, 0) is 9.53 Å². The maximum absolute atomic E-state index is 11.4. The van der Waals surface area contributed by atoms with Crippen LogP contribution in [0.4, 0.5) is 4.79 Å². The summed E-state index contributed by atoms with van der Waals surface area (Å²) in [5.74, 6) is -0.396. The van der Waals surface area contributed by atoms with Gasteiger partial charge in [0.15, 0.2) is 0 Å². The Bertz CT molecular complexity index is 303. The van der Waals surface area contributed by atoms with E-state index < -0.39 is 17.5 Å². The summed E-state index contributed by atoms with van der Waals surface area (Å²) in [5.41, 5.74) is -0.805. The van der Waals surface area contributed by atoms with Crippen LogP contribution in [0.2, 0.25) is 0 Å². The zero-order valence-electron chi connectivity index (χ0n) is 10.9. The van der Waals surface area contributed by atoms with Gasteiger partial charge in [-0.15, -0.1) is 0 Å². The fourth-order valence-corrected chi connectivity index (χ4v) is 1.94. The minimum Gasteiger partial charge on any atom is -0.388 e. The van der Waals surface area contributed by atoms with Gasteiger partial charge in [-0.05, 0) is 7.05 Å². The van der Waals surface area contributed by atoms with E-state index in [1.165, 1.54) is 7.05 Å². The highest BCUT2D eigenvalue weighted by Crippen LogP contribution is 2.20. The molecule has 0 aromatic rings. The van der Waals surface area contributed by atoms with Gasteiger partial charge in [-0.25, -0.2) is 4.79 Å². The molecule has 3 amide bonds. The fourth-order valence-electron chi connectivity index (χ4n) is 1.94. The lowest BCUT2D eigenvalue weighted by Crippen LogP contribution is -2.49. The lowest BCUT2D eigenvalue weighted by Gasteiger charge is -2.35. The standard InChI is InChI=1S/C11H21N3O4/c1-12-10(16)13-9(15)7-14(2)8-11(17)3-5-18-6-4-11/h17H,3-8H2,1-2H3,(H2,12,13,15,16). The van der Waals surface area contributed by atoms with Crippen LogP contribution < -0.4 is 10.6 Å². The average molecular weight is 259 g/mol. The van der Waals surface area contributed by atoms with E-state index in [0.717, 1.165) is 0 Å². The second-order valence-corrected chi connectivity index (χ2v) is 4.64. The highest BCUT2D eigenvalue weighted by atomic mass is 16.5. The van der Waals surface area contributed by atoms with Gasteiger partial charge in [0, 0.05) is 39.6 Å². The first kappa shape index (κ1) is 14.9. The van der Waals surface area contributed by atoms with Crippen molar-refractivity contribution in [1.82, 2.24) is 15.5 Å². The third-order valence-corrected chi connectivity index (χ3v) is 2.88. The lowest BCUT2D eigenvalue weighted by molar-refractivity contribution is -0.122. The first-order valence-corrected chi connectivity index (χ1v) is 5.95. The number of carbonyl (C=O) groups excluding carboxylic acids is 2. The number of urea groups is 1. The minimum atomic E-state index is -0.805. The van der Waals surface area contributed by atoms with E-state index in [2.05, 4.69) is 10.6 Å². The molecule has 1 saturated heterocycles. The third kappa shape index (κ3) is 4.99. The van der Waals surface area contributed by atoms with Crippen LogP contribution in [0.1, 0.15) is 12.8 Å². The van der Waals surface area contributed by atoms with Crippen molar-refractivity contribution in [3.8, 4) is 0 Å². The molecule has 104 valence electrons. The molecule has 1 aliphatic heterocycles. The molecule has 0 aromatic carbocycles. The van der Waals surface area contributed by atoms with Gasteiger partial charge in [-0.3, -0.25) is 15.0 Å². The van der Waals surface area contributed by atoms with Gasteiger partial charge in [0.05, 0.1) is 12.1 Å². The first-order chi connectivity index (χ1) is 8.45. The van der Waals surface area contributed by atoms with E-state index in [1.807, 2.05) is 0 Å². The van der Waals surface area contributed by atoms with E-state index in [-0.39, 0.29) is 6.54 Å². The van der Waals surface area contributed by atoms with Crippen molar-refractivity contribution in [1.29, 1.82) is 0 Å². The molecular weight excluding hydrogens is 238 g/mol. The summed E-state index contributed by atoms with van der Waals surface area (Å²) in [6, 6.07) is -0.529. The third-order valence-electron chi connectivity index (χ3n) is 2.88. The summed E-state index contributed by atoms with van der Waals surface area (Å²) in [7, 11) is 3.17. The Labute approximate surface area is 106 Å². The predicted molar refractivity (Wildman–Crippen MR) is 65.1 cm³/mol. The van der Waals surface area contributed by atoms with Crippen LogP contribution in [0.25, 0.3) is 0 Å². The van der Waals surface area contributed by atoms with Gasteiger partial charge < -0.3 is 15.2 Å². The molecule has 0 atom stereocenters. The van der Waals surface area contributed by atoms with E-state index in [0.29, 0.717) is 32.6 Å². The average Bonchev–Trinajstić information content (AvgIpc) is 2.28. The van der Waals surface area contributed by atoms with Crippen molar-refractivity contribution in [3.63, 3.8) is 0 Å². The van der Waals surface area contributed by atoms with Crippen molar-refractivity contribution in [2.75, 3.05) is 40.4 Å². The molecule has 7 heteroatoms. The molecule has 0 saturated carbocycles. The normalized spacial score (nSPS) is 18.4. The number of hydrogen-bond donors (Lipinski definition) is 3. The number of nitrogens with one attached hydrogen (secondary N) is 2. The Morgan fingerprint density at radius 1 is 1.39 bits per heavy atom. The van der Waals surface area contributed by atoms with E-state index in [1.54, 1.807) is 11.9 Å². The molecular formula is C11H21N3O4. The molecule has 0 bridgehead atoms. The molecule has 0 aromatic heterocycles. The number of aliphatic hydroxyl groups is 1. The fraction of sp³-hybridized carbons (Fsp3) is 0.818. The van der Waals surface area contributed by atoms with Crippen LogP contribution in [0.3, 0.4) is 0 Å². The van der Waals surface area contributed by atoms with Crippen LogP contribution in [0.15, 0.2) is 0 Å². The highest BCUT2D eigenvalue weighted by Gasteiger charge is 2.31. The zero-order chi connectivity index (χ0) is 13.6. The monoisotopic (exact) mass is 259 g/mol. The van der Waals surface area contributed by atoms with Crippen molar-refractivity contribution in [2.45, 2.75) is 18.4 Å². The van der Waals surface area contributed by atoms with Crippen LogP contribution in [0.5, 0.6) is 0 Å². The van der Waals surface area contributed by atoms with E-state index in [4.69, 9.17) is 4.74 Å². The van der Waals surface area contributed by atoms with E-state index >= 15 is 0 Å². The smallest absolute Gasteiger partial charge is 0.321 e. The summed E-state index contributed by atoms with van der Waals surface area (Å²) >= 11 is 0. The number of hydrogen-bond acceptors (Lipinski definition) is 5. The Balaban J connectivity index is 2.34. The Morgan fingerprint density at radius 3 is 2.56 bits per heavy atom. The van der Waals surface area contributed by atoms with Crippen molar-refractivity contribution < 1.29 is 19.4 Å². The van der Waals surface area contributed by atoms with Crippen LogP contribution in [0, 0.1) is 0 Å². The van der Waals surface area contributed by atoms with Crippen LogP contribution in [-0.4, -0.2) is 67.9 Å². The maximum atomic E-state index is 11.4. The SMILES string of the molecule is CNC(=O)NC(=O)CN(C)CC1(O)CCOCC1. The zero-order valence-corrected chi connectivity index (χ0v) is 10.9. The van der Waals surface area contributed by atoms with Gasteiger partial charge in [0.2, 0.25) is 5.91 Å². The number of carbonyl (C=O) groups is 2. The quantitative estimate of drug-likeness (QED) is 0.597. The molecule has 0 spiro atoms. The molecule has 1 rings (SSSR count). The molecule has 18 heavy (non-hydrogen) atoms. The lowest BCUT2D eigenvalue weighted by atomic mass is 9.94. The number of ether oxygens (including phenoxy) is 1. The molecule has 0 radical (unpaired) electrons. The second-order valence-electron chi connectivity index (χ2n) is 4.64. The van der Waals surface area contributed by atoms with Gasteiger partial charge in [0.25, 0.3) is 0 Å². The van der Waals surface area contributed by atoms with Crippen molar-refractivity contribution in [2.24, 2.45) is 0 Å². The topological polar surface area (TPSA) is 90.9 Å². The predicted octanol–water partition coefficient (Wildman–Crippen LogP) is -1.08. The molecule has 0 unspecified atom stereocenters. The molecule has 3 N–H and O–H groups in total. The van der Waals surface area contributed by atoms with Crippen molar-refractivity contribution in [3.05, 3.63) is 0 Å². The van der Waals surface area contributed by atoms with E-state index in [9.17, 15) is 14.7 Å². The summed E-state index contributed by atoms with van der Waals surface area (Å²) in [4.78, 5) is 24.1. The Morgan fingerprint density at radius 2 is 2.00 bits per heavy atom. The van der Waals surface area contributed by atoms with Gasteiger partial charge in [0.1, 0.15) is 0 Å². The molecule has 7 nitrogen and oxygen atoms in total. The largest absolute Gasteiger partial charge is 0.388 e. The van der Waals surface area contributed by atoms with Gasteiger partial charge >= 0.3 is 6.03 Å². The summed E-state index contributed by atoms with van der Waals surface area (Å²) in [6.45, 7) is 1.53.